The topological polar surface area (TPSA) is 97.1 Å². The van der Waals surface area contributed by atoms with Crippen LogP contribution in [-0.4, -0.2) is 43.3 Å². The lowest BCUT2D eigenvalue weighted by molar-refractivity contribution is -0.122. The Balaban J connectivity index is 1.58. The number of alkyl halides is 3. The van der Waals surface area contributed by atoms with Crippen molar-refractivity contribution < 1.29 is 18.0 Å². The van der Waals surface area contributed by atoms with Gasteiger partial charge in [-0.1, -0.05) is 12.1 Å². The standard InChI is InChI=1S/C20H16F3N7O/c1-12-9-26-29-18(27-12)14-5-6-30-16(10-24-17(30)8-14)13-3-2-4-15(7-13)28-19(31)25-11-20(21,22)23/h2-10H,11H2,1H3,(H2,25,28,31). The number of aryl methyl sites for hydroxylation is 1. The van der Waals surface area contributed by atoms with Crippen LogP contribution in [-0.2, 0) is 0 Å². The zero-order valence-electron chi connectivity index (χ0n) is 16.2. The maximum Gasteiger partial charge on any atom is 0.405 e. The normalized spacial score (nSPS) is 11.5. The van der Waals surface area contributed by atoms with E-state index < -0.39 is 18.8 Å². The number of nitrogens with zero attached hydrogens (tertiary/aromatic N) is 5. The van der Waals surface area contributed by atoms with Crippen molar-refractivity contribution in [1.82, 2.24) is 29.9 Å². The monoisotopic (exact) mass is 427 g/mol. The van der Waals surface area contributed by atoms with E-state index in [1.807, 2.05) is 35.7 Å². The van der Waals surface area contributed by atoms with Crippen LogP contribution in [0.25, 0.3) is 28.3 Å². The van der Waals surface area contributed by atoms with Gasteiger partial charge in [0.05, 0.1) is 23.8 Å². The van der Waals surface area contributed by atoms with Gasteiger partial charge in [-0.3, -0.25) is 4.40 Å². The number of amides is 2. The molecule has 11 heteroatoms. The number of hydrogen-bond acceptors (Lipinski definition) is 5. The zero-order chi connectivity index (χ0) is 22.0. The summed E-state index contributed by atoms with van der Waals surface area (Å²) in [6, 6.07) is 9.45. The van der Waals surface area contributed by atoms with Gasteiger partial charge in [0.1, 0.15) is 12.2 Å². The molecule has 3 aromatic heterocycles. The number of hydrogen-bond donors (Lipinski definition) is 2. The highest BCUT2D eigenvalue weighted by molar-refractivity contribution is 5.90. The van der Waals surface area contributed by atoms with Gasteiger partial charge in [0.15, 0.2) is 5.82 Å². The summed E-state index contributed by atoms with van der Waals surface area (Å²) in [6.45, 7) is 0.420. The van der Waals surface area contributed by atoms with E-state index in [1.165, 1.54) is 0 Å². The third-order valence-electron chi connectivity index (χ3n) is 4.32. The van der Waals surface area contributed by atoms with Crippen molar-refractivity contribution in [2.75, 3.05) is 11.9 Å². The molecule has 158 valence electrons. The van der Waals surface area contributed by atoms with Gasteiger partial charge in [0.2, 0.25) is 0 Å². The molecule has 0 aliphatic carbocycles. The molecule has 4 rings (SSSR count). The lowest BCUT2D eigenvalue weighted by Gasteiger charge is -2.11. The number of halogens is 3. The summed E-state index contributed by atoms with van der Waals surface area (Å²) >= 11 is 0. The van der Waals surface area contributed by atoms with Gasteiger partial charge in [-0.2, -0.15) is 18.3 Å². The van der Waals surface area contributed by atoms with E-state index in [9.17, 15) is 18.0 Å². The molecule has 0 spiro atoms. The summed E-state index contributed by atoms with van der Waals surface area (Å²) < 4.78 is 38.6. The van der Waals surface area contributed by atoms with E-state index in [-0.39, 0.29) is 0 Å². The molecule has 3 heterocycles. The summed E-state index contributed by atoms with van der Waals surface area (Å²) in [7, 11) is 0. The lowest BCUT2D eigenvalue weighted by atomic mass is 10.1. The Labute approximate surface area is 174 Å². The van der Waals surface area contributed by atoms with Crippen molar-refractivity contribution in [3.8, 4) is 22.6 Å². The smallest absolute Gasteiger partial charge is 0.329 e. The molecule has 1 aromatic carbocycles. The molecule has 0 atom stereocenters. The lowest BCUT2D eigenvalue weighted by Crippen LogP contribution is -2.36. The quantitative estimate of drug-likeness (QED) is 0.516. The molecule has 0 aliphatic rings. The molecular formula is C20H16F3N7O. The Morgan fingerprint density at radius 1 is 1.13 bits per heavy atom. The van der Waals surface area contributed by atoms with Crippen molar-refractivity contribution in [2.45, 2.75) is 13.1 Å². The third-order valence-corrected chi connectivity index (χ3v) is 4.32. The number of aromatic nitrogens is 5. The first kappa shape index (κ1) is 20.3. The average molecular weight is 427 g/mol. The number of nitrogens with one attached hydrogen (secondary N) is 2. The number of benzene rings is 1. The minimum atomic E-state index is -4.48. The molecule has 8 nitrogen and oxygen atoms in total. The highest BCUT2D eigenvalue weighted by atomic mass is 19.4. The molecule has 0 saturated carbocycles. The van der Waals surface area contributed by atoms with Crippen LogP contribution < -0.4 is 10.6 Å². The van der Waals surface area contributed by atoms with Gasteiger partial charge in [0.25, 0.3) is 0 Å². The van der Waals surface area contributed by atoms with E-state index in [0.29, 0.717) is 17.2 Å². The summed E-state index contributed by atoms with van der Waals surface area (Å²) in [5.41, 5.74) is 3.98. The highest BCUT2D eigenvalue weighted by Crippen LogP contribution is 2.26. The molecule has 0 bridgehead atoms. The largest absolute Gasteiger partial charge is 0.405 e. The predicted molar refractivity (Wildman–Crippen MR) is 107 cm³/mol. The second-order valence-electron chi connectivity index (χ2n) is 6.71. The number of carbonyl (C=O) groups is 1. The van der Waals surface area contributed by atoms with E-state index in [2.05, 4.69) is 25.5 Å². The maximum atomic E-state index is 12.2. The fourth-order valence-electron chi connectivity index (χ4n) is 2.95. The van der Waals surface area contributed by atoms with E-state index in [1.54, 1.807) is 35.9 Å². The summed E-state index contributed by atoms with van der Waals surface area (Å²) in [5, 5.41) is 12.1. The SMILES string of the molecule is Cc1cnnc(-c2ccn3c(-c4cccc(NC(=O)NCC(F)(F)F)c4)cnc3c2)n1. The summed E-state index contributed by atoms with van der Waals surface area (Å²) in [4.78, 5) is 20.5. The highest BCUT2D eigenvalue weighted by Gasteiger charge is 2.27. The van der Waals surface area contributed by atoms with Crippen LogP contribution in [0.5, 0.6) is 0 Å². The van der Waals surface area contributed by atoms with Gasteiger partial charge in [-0.15, -0.1) is 5.10 Å². The Morgan fingerprint density at radius 2 is 1.97 bits per heavy atom. The molecule has 0 fully saturated rings. The van der Waals surface area contributed by atoms with Gasteiger partial charge in [-0.25, -0.2) is 14.8 Å². The molecular weight excluding hydrogens is 411 g/mol. The Bertz CT molecular complexity index is 1250. The number of urea groups is 1. The molecule has 0 saturated heterocycles. The van der Waals surface area contributed by atoms with Crippen LogP contribution >= 0.6 is 0 Å². The van der Waals surface area contributed by atoms with Crippen molar-refractivity contribution in [3.63, 3.8) is 0 Å². The number of anilines is 1. The predicted octanol–water partition coefficient (Wildman–Crippen LogP) is 3.85. The van der Waals surface area contributed by atoms with Crippen molar-refractivity contribution in [1.29, 1.82) is 0 Å². The molecule has 2 amide bonds. The van der Waals surface area contributed by atoms with Crippen molar-refractivity contribution >= 4 is 17.4 Å². The molecule has 0 unspecified atom stereocenters. The first-order valence-corrected chi connectivity index (χ1v) is 9.14. The van der Waals surface area contributed by atoms with Gasteiger partial charge in [-0.05, 0) is 31.2 Å². The second-order valence-corrected chi connectivity index (χ2v) is 6.71. The average Bonchev–Trinajstić information content (AvgIpc) is 3.15. The zero-order valence-corrected chi connectivity index (χ0v) is 16.2. The van der Waals surface area contributed by atoms with Crippen LogP contribution in [0.15, 0.2) is 55.0 Å². The van der Waals surface area contributed by atoms with Crippen LogP contribution in [0.2, 0.25) is 0 Å². The van der Waals surface area contributed by atoms with Crippen LogP contribution in [0.4, 0.5) is 23.7 Å². The minimum absolute atomic E-state index is 0.350. The summed E-state index contributed by atoms with van der Waals surface area (Å²) in [5.74, 6) is 0.489. The van der Waals surface area contributed by atoms with E-state index in [0.717, 1.165) is 22.5 Å². The Kier molecular flexibility index (Phi) is 5.24. The van der Waals surface area contributed by atoms with Crippen LogP contribution in [0.1, 0.15) is 5.69 Å². The van der Waals surface area contributed by atoms with Gasteiger partial charge < -0.3 is 10.6 Å². The molecule has 31 heavy (non-hydrogen) atoms. The van der Waals surface area contributed by atoms with E-state index >= 15 is 0 Å². The molecule has 4 aromatic rings. The second kappa shape index (κ2) is 8.01. The number of rotatable bonds is 4. The Hall–Kier alpha value is -4.02. The Morgan fingerprint density at radius 3 is 2.74 bits per heavy atom. The minimum Gasteiger partial charge on any atom is -0.329 e. The first-order chi connectivity index (χ1) is 14.8. The molecule has 2 N–H and O–H groups in total. The van der Waals surface area contributed by atoms with Gasteiger partial charge in [0, 0.05) is 23.0 Å². The number of carbonyl (C=O) groups excluding carboxylic acids is 1. The fraction of sp³-hybridized carbons (Fsp3) is 0.150. The molecule has 0 radical (unpaired) electrons. The number of fused-ring (bicyclic) bond motifs is 1. The number of imidazole rings is 1. The van der Waals surface area contributed by atoms with Crippen LogP contribution in [0.3, 0.4) is 0 Å². The third kappa shape index (κ3) is 4.77. The van der Waals surface area contributed by atoms with Crippen molar-refractivity contribution in [3.05, 3.63) is 60.7 Å². The maximum absolute atomic E-state index is 12.2. The fourth-order valence-corrected chi connectivity index (χ4v) is 2.95. The number of pyridine rings is 1. The first-order valence-electron chi connectivity index (χ1n) is 9.14. The van der Waals surface area contributed by atoms with Crippen LogP contribution in [0, 0.1) is 6.92 Å². The van der Waals surface area contributed by atoms with Crippen molar-refractivity contribution in [2.24, 2.45) is 0 Å². The summed E-state index contributed by atoms with van der Waals surface area (Å²) in [6.07, 6.45) is 0.570. The van der Waals surface area contributed by atoms with E-state index in [4.69, 9.17) is 0 Å². The van der Waals surface area contributed by atoms with Gasteiger partial charge >= 0.3 is 12.2 Å². The molecule has 0 aliphatic heterocycles.